The van der Waals surface area contributed by atoms with Crippen molar-refractivity contribution in [3.8, 4) is 0 Å². The van der Waals surface area contributed by atoms with E-state index in [9.17, 15) is 4.39 Å². The molecule has 1 aliphatic rings. The van der Waals surface area contributed by atoms with E-state index in [1.54, 1.807) is 0 Å². The Kier molecular flexibility index (Phi) is 3.98. The first-order valence-corrected chi connectivity index (χ1v) is 8.08. The van der Waals surface area contributed by atoms with E-state index >= 15 is 0 Å². The standard InChI is InChI=1S/C16H14Br2FN/c17-13-3-1-2-12(6-13)16(9-20-10-16)8-11-4-5-14(18)7-15(11)19/h1-7,20H,8-10H2. The Labute approximate surface area is 134 Å². The van der Waals surface area contributed by atoms with Gasteiger partial charge in [-0.1, -0.05) is 50.1 Å². The predicted molar refractivity (Wildman–Crippen MR) is 86.5 cm³/mol. The van der Waals surface area contributed by atoms with E-state index in [4.69, 9.17) is 0 Å². The highest BCUT2D eigenvalue weighted by Crippen LogP contribution is 2.34. The maximum atomic E-state index is 14.1. The van der Waals surface area contributed by atoms with E-state index in [-0.39, 0.29) is 11.2 Å². The fraction of sp³-hybridized carbons (Fsp3) is 0.250. The molecule has 0 unspecified atom stereocenters. The first-order chi connectivity index (χ1) is 9.59. The second-order valence-electron chi connectivity index (χ2n) is 5.31. The summed E-state index contributed by atoms with van der Waals surface area (Å²) in [5.41, 5.74) is 2.03. The smallest absolute Gasteiger partial charge is 0.127 e. The second-order valence-corrected chi connectivity index (χ2v) is 7.14. The van der Waals surface area contributed by atoms with Crippen LogP contribution in [-0.4, -0.2) is 13.1 Å². The Bertz CT molecular complexity index is 638. The monoisotopic (exact) mass is 397 g/mol. The fourth-order valence-electron chi connectivity index (χ4n) is 2.71. The van der Waals surface area contributed by atoms with Gasteiger partial charge in [-0.2, -0.15) is 0 Å². The maximum Gasteiger partial charge on any atom is 0.127 e. The van der Waals surface area contributed by atoms with Gasteiger partial charge in [0.1, 0.15) is 5.82 Å². The van der Waals surface area contributed by atoms with Crippen LogP contribution >= 0.6 is 31.9 Å². The van der Waals surface area contributed by atoms with Crippen molar-refractivity contribution < 1.29 is 4.39 Å². The number of hydrogen-bond acceptors (Lipinski definition) is 1. The molecule has 0 saturated carbocycles. The molecule has 0 aliphatic carbocycles. The van der Waals surface area contributed by atoms with Crippen LogP contribution in [0.15, 0.2) is 51.4 Å². The first-order valence-electron chi connectivity index (χ1n) is 6.50. The Morgan fingerprint density at radius 1 is 1.05 bits per heavy atom. The largest absolute Gasteiger partial charge is 0.315 e. The third-order valence-electron chi connectivity index (χ3n) is 3.91. The van der Waals surface area contributed by atoms with Gasteiger partial charge in [-0.3, -0.25) is 0 Å². The van der Waals surface area contributed by atoms with E-state index in [2.05, 4.69) is 49.3 Å². The molecule has 4 heteroatoms. The molecule has 1 heterocycles. The highest BCUT2D eigenvalue weighted by molar-refractivity contribution is 9.10. The third-order valence-corrected chi connectivity index (χ3v) is 4.89. The second kappa shape index (κ2) is 5.58. The third kappa shape index (κ3) is 2.69. The van der Waals surface area contributed by atoms with Crippen molar-refractivity contribution in [1.82, 2.24) is 5.32 Å². The Morgan fingerprint density at radius 2 is 1.80 bits per heavy atom. The molecule has 1 saturated heterocycles. The summed E-state index contributed by atoms with van der Waals surface area (Å²) in [6.07, 6.45) is 0.718. The Balaban J connectivity index is 1.94. The summed E-state index contributed by atoms with van der Waals surface area (Å²) >= 11 is 6.82. The molecule has 0 amide bonds. The predicted octanol–water partition coefficient (Wildman–Crippen LogP) is 4.43. The lowest BCUT2D eigenvalue weighted by atomic mass is 9.71. The van der Waals surface area contributed by atoms with Crippen molar-refractivity contribution in [1.29, 1.82) is 0 Å². The molecule has 20 heavy (non-hydrogen) atoms. The highest BCUT2D eigenvalue weighted by atomic mass is 79.9. The SMILES string of the molecule is Fc1cc(Br)ccc1CC1(c2cccc(Br)c2)CNC1. The molecular formula is C16H14Br2FN. The van der Waals surface area contributed by atoms with E-state index in [1.807, 2.05) is 24.3 Å². The molecule has 0 atom stereocenters. The van der Waals surface area contributed by atoms with Gasteiger partial charge in [0.15, 0.2) is 0 Å². The van der Waals surface area contributed by atoms with Gasteiger partial charge in [0.25, 0.3) is 0 Å². The summed E-state index contributed by atoms with van der Waals surface area (Å²) in [5, 5.41) is 3.32. The molecule has 0 spiro atoms. The molecule has 1 nitrogen and oxygen atoms in total. The van der Waals surface area contributed by atoms with Crippen LogP contribution in [-0.2, 0) is 11.8 Å². The van der Waals surface area contributed by atoms with Crippen LogP contribution in [0.5, 0.6) is 0 Å². The molecule has 104 valence electrons. The van der Waals surface area contributed by atoms with Gasteiger partial charge in [-0.25, -0.2) is 4.39 Å². The van der Waals surface area contributed by atoms with Gasteiger partial charge in [0.05, 0.1) is 0 Å². The minimum atomic E-state index is -0.138. The summed E-state index contributed by atoms with van der Waals surface area (Å²) in [6.45, 7) is 1.78. The van der Waals surface area contributed by atoms with E-state index < -0.39 is 0 Å². The van der Waals surface area contributed by atoms with Gasteiger partial charge in [0.2, 0.25) is 0 Å². The maximum absolute atomic E-state index is 14.1. The van der Waals surface area contributed by atoms with Crippen LogP contribution < -0.4 is 5.32 Å². The van der Waals surface area contributed by atoms with Crippen molar-refractivity contribution in [3.63, 3.8) is 0 Å². The van der Waals surface area contributed by atoms with E-state index in [0.717, 1.165) is 34.0 Å². The molecule has 0 radical (unpaired) electrons. The van der Waals surface area contributed by atoms with Crippen molar-refractivity contribution in [3.05, 3.63) is 68.4 Å². The fourth-order valence-corrected chi connectivity index (χ4v) is 3.44. The quantitative estimate of drug-likeness (QED) is 0.806. The van der Waals surface area contributed by atoms with E-state index in [1.165, 1.54) is 11.6 Å². The molecule has 0 aromatic heterocycles. The molecule has 0 bridgehead atoms. The van der Waals surface area contributed by atoms with Crippen molar-refractivity contribution in [2.75, 3.05) is 13.1 Å². The Hall–Kier alpha value is -0.710. The van der Waals surface area contributed by atoms with Crippen molar-refractivity contribution in [2.45, 2.75) is 11.8 Å². The lowest BCUT2D eigenvalue weighted by Gasteiger charge is -2.43. The zero-order valence-electron chi connectivity index (χ0n) is 10.8. The zero-order valence-corrected chi connectivity index (χ0v) is 14.0. The molecule has 2 aromatic rings. The van der Waals surface area contributed by atoms with Gasteiger partial charge >= 0.3 is 0 Å². The average molecular weight is 399 g/mol. The minimum Gasteiger partial charge on any atom is -0.315 e. The zero-order chi connectivity index (χ0) is 14.2. The van der Waals surface area contributed by atoms with Gasteiger partial charge < -0.3 is 5.32 Å². The molecule has 3 rings (SSSR count). The van der Waals surface area contributed by atoms with Crippen molar-refractivity contribution >= 4 is 31.9 Å². The average Bonchev–Trinajstić information content (AvgIpc) is 2.36. The number of hydrogen-bond donors (Lipinski definition) is 1. The van der Waals surface area contributed by atoms with Gasteiger partial charge in [0, 0.05) is 27.4 Å². The molecule has 1 fully saturated rings. The Morgan fingerprint density at radius 3 is 2.40 bits per heavy atom. The van der Waals surface area contributed by atoms with Crippen molar-refractivity contribution in [2.24, 2.45) is 0 Å². The van der Waals surface area contributed by atoms with Gasteiger partial charge in [-0.05, 0) is 41.8 Å². The summed E-state index contributed by atoms with van der Waals surface area (Å²) in [7, 11) is 0. The van der Waals surface area contributed by atoms with Gasteiger partial charge in [-0.15, -0.1) is 0 Å². The number of nitrogens with one attached hydrogen (secondary N) is 1. The summed E-state index contributed by atoms with van der Waals surface area (Å²) in [5.74, 6) is -0.138. The number of benzene rings is 2. The molecular weight excluding hydrogens is 385 g/mol. The van der Waals surface area contributed by atoms with Crippen LogP contribution in [0, 0.1) is 5.82 Å². The highest BCUT2D eigenvalue weighted by Gasteiger charge is 2.39. The topological polar surface area (TPSA) is 12.0 Å². The van der Waals surface area contributed by atoms with Crippen LogP contribution in [0.4, 0.5) is 4.39 Å². The first kappa shape index (κ1) is 14.2. The molecule has 1 aliphatic heterocycles. The summed E-state index contributed by atoms with van der Waals surface area (Å²) in [6, 6.07) is 13.6. The molecule has 2 aromatic carbocycles. The van der Waals surface area contributed by atoms with Crippen LogP contribution in [0.3, 0.4) is 0 Å². The normalized spacial score (nSPS) is 16.8. The van der Waals surface area contributed by atoms with Crippen LogP contribution in [0.25, 0.3) is 0 Å². The minimum absolute atomic E-state index is 0.00154. The number of halogens is 3. The lowest BCUT2D eigenvalue weighted by molar-refractivity contribution is 0.272. The number of rotatable bonds is 3. The summed E-state index contributed by atoms with van der Waals surface area (Å²) in [4.78, 5) is 0. The summed E-state index contributed by atoms with van der Waals surface area (Å²) < 4.78 is 15.9. The van der Waals surface area contributed by atoms with E-state index in [0.29, 0.717) is 0 Å². The molecule has 1 N–H and O–H groups in total. The van der Waals surface area contributed by atoms with Crippen LogP contribution in [0.2, 0.25) is 0 Å². The van der Waals surface area contributed by atoms with Crippen LogP contribution in [0.1, 0.15) is 11.1 Å². The lowest BCUT2D eigenvalue weighted by Crippen LogP contribution is -2.58.